The van der Waals surface area contributed by atoms with Crippen molar-refractivity contribution in [1.29, 1.82) is 0 Å². The minimum Gasteiger partial charge on any atom is -0.392 e. The molecule has 1 rings (SSSR count). The molecule has 1 aliphatic heterocycles. The molecule has 0 aliphatic carbocycles. The average Bonchev–Trinajstić information content (AvgIpc) is 1.88. The Morgan fingerprint density at radius 3 is 2.78 bits per heavy atom. The lowest BCUT2D eigenvalue weighted by Gasteiger charge is -2.26. The van der Waals surface area contributed by atoms with Crippen LogP contribution in [0.1, 0.15) is 6.42 Å². The van der Waals surface area contributed by atoms with Crippen molar-refractivity contribution in [2.45, 2.75) is 18.6 Å². The smallest absolute Gasteiger partial charge is 0.0679 e. The zero-order chi connectivity index (χ0) is 6.69. The van der Waals surface area contributed by atoms with Gasteiger partial charge < -0.3 is 15.7 Å². The molecule has 0 unspecified atom stereocenters. The first-order valence-corrected chi connectivity index (χ1v) is 3.39. The van der Waals surface area contributed by atoms with Gasteiger partial charge in [0, 0.05) is 19.1 Å². The predicted molar refractivity (Wildman–Crippen MR) is 36.3 cm³/mol. The number of β-amino-alcohol motifs (C(OH)–C–C–N with tert-alkyl or cyclic N) is 1. The van der Waals surface area contributed by atoms with E-state index in [0.29, 0.717) is 6.04 Å². The molecule has 0 aromatic heterocycles. The van der Waals surface area contributed by atoms with Crippen LogP contribution in [0.15, 0.2) is 0 Å². The monoisotopic (exact) mass is 130 g/mol. The Morgan fingerprint density at radius 1 is 1.56 bits per heavy atom. The van der Waals surface area contributed by atoms with Gasteiger partial charge in [0.15, 0.2) is 0 Å². The van der Waals surface area contributed by atoms with Crippen molar-refractivity contribution >= 4 is 0 Å². The summed E-state index contributed by atoms with van der Waals surface area (Å²) < 4.78 is 0. The molecule has 0 radical (unpaired) electrons. The second kappa shape index (κ2) is 3.15. The summed E-state index contributed by atoms with van der Waals surface area (Å²) in [4.78, 5) is 0. The van der Waals surface area contributed by atoms with E-state index in [1.54, 1.807) is 0 Å². The van der Waals surface area contributed by atoms with Gasteiger partial charge in [-0.15, -0.1) is 0 Å². The minimum absolute atomic E-state index is 0.156. The van der Waals surface area contributed by atoms with Gasteiger partial charge in [-0.3, -0.25) is 0 Å². The van der Waals surface area contributed by atoms with Gasteiger partial charge in [0.2, 0.25) is 0 Å². The summed E-state index contributed by atoms with van der Waals surface area (Å²) in [5.41, 5.74) is 0. The van der Waals surface area contributed by atoms with Crippen molar-refractivity contribution in [3.63, 3.8) is 0 Å². The SMILES string of the molecule is CN[C@H]1CNC[C@H](O)C1. The summed E-state index contributed by atoms with van der Waals surface area (Å²) in [5.74, 6) is 0. The minimum atomic E-state index is -0.156. The Labute approximate surface area is 55.5 Å². The highest BCUT2D eigenvalue weighted by Crippen LogP contribution is 2.00. The molecule has 54 valence electrons. The maximum atomic E-state index is 9.11. The molecule has 0 aromatic carbocycles. The van der Waals surface area contributed by atoms with E-state index in [9.17, 15) is 0 Å². The number of hydrogen-bond acceptors (Lipinski definition) is 3. The van der Waals surface area contributed by atoms with Crippen LogP contribution in [0, 0.1) is 0 Å². The lowest BCUT2D eigenvalue weighted by atomic mass is 10.1. The Balaban J connectivity index is 2.23. The molecule has 3 nitrogen and oxygen atoms in total. The van der Waals surface area contributed by atoms with Crippen LogP contribution in [0.4, 0.5) is 0 Å². The molecular formula is C6H14N2O. The molecule has 1 fully saturated rings. The van der Waals surface area contributed by atoms with E-state index in [1.807, 2.05) is 7.05 Å². The Hall–Kier alpha value is -0.120. The van der Waals surface area contributed by atoms with E-state index in [-0.39, 0.29) is 6.10 Å². The first-order valence-electron chi connectivity index (χ1n) is 3.39. The van der Waals surface area contributed by atoms with E-state index in [4.69, 9.17) is 5.11 Å². The van der Waals surface area contributed by atoms with Gasteiger partial charge in [-0.1, -0.05) is 0 Å². The number of aliphatic hydroxyl groups excluding tert-OH is 1. The van der Waals surface area contributed by atoms with E-state index in [2.05, 4.69) is 10.6 Å². The number of likely N-dealkylation sites (N-methyl/N-ethyl adjacent to an activating group) is 1. The van der Waals surface area contributed by atoms with Crippen molar-refractivity contribution in [2.75, 3.05) is 20.1 Å². The standard InChI is InChI=1S/C6H14N2O/c1-7-5-2-6(9)4-8-3-5/h5-9H,2-4H2,1H3/t5-,6-/m1/s1. The number of hydrogen-bond donors (Lipinski definition) is 3. The van der Waals surface area contributed by atoms with Gasteiger partial charge in [0.05, 0.1) is 6.10 Å². The predicted octanol–water partition coefficient (Wildman–Crippen LogP) is -1.07. The van der Waals surface area contributed by atoms with Gasteiger partial charge in [-0.25, -0.2) is 0 Å². The van der Waals surface area contributed by atoms with Crippen LogP contribution in [-0.2, 0) is 0 Å². The lowest BCUT2D eigenvalue weighted by molar-refractivity contribution is 0.126. The normalized spacial score (nSPS) is 36.7. The Kier molecular flexibility index (Phi) is 2.45. The third-order valence-corrected chi connectivity index (χ3v) is 1.74. The van der Waals surface area contributed by atoms with Crippen LogP contribution >= 0.6 is 0 Å². The summed E-state index contributed by atoms with van der Waals surface area (Å²) >= 11 is 0. The summed E-state index contributed by atoms with van der Waals surface area (Å²) in [6.45, 7) is 1.73. The molecule has 1 aliphatic rings. The zero-order valence-electron chi connectivity index (χ0n) is 5.72. The molecule has 1 saturated heterocycles. The van der Waals surface area contributed by atoms with Crippen LogP contribution in [0.25, 0.3) is 0 Å². The second-order valence-corrected chi connectivity index (χ2v) is 2.53. The Morgan fingerprint density at radius 2 is 2.33 bits per heavy atom. The van der Waals surface area contributed by atoms with Crippen molar-refractivity contribution in [3.05, 3.63) is 0 Å². The fourth-order valence-corrected chi connectivity index (χ4v) is 1.14. The summed E-state index contributed by atoms with van der Waals surface area (Å²) in [6.07, 6.45) is 0.722. The highest BCUT2D eigenvalue weighted by Gasteiger charge is 2.16. The molecule has 0 aromatic rings. The largest absolute Gasteiger partial charge is 0.392 e. The highest BCUT2D eigenvalue weighted by atomic mass is 16.3. The molecule has 2 atom stereocenters. The highest BCUT2D eigenvalue weighted by molar-refractivity contribution is 4.78. The summed E-state index contributed by atoms with van der Waals surface area (Å²) in [7, 11) is 1.92. The fraction of sp³-hybridized carbons (Fsp3) is 1.00. The number of piperidine rings is 1. The Bertz CT molecular complexity index is 87.1. The molecule has 0 amide bonds. The second-order valence-electron chi connectivity index (χ2n) is 2.53. The van der Waals surface area contributed by atoms with Gasteiger partial charge in [0.1, 0.15) is 0 Å². The molecule has 0 saturated carbocycles. The van der Waals surface area contributed by atoms with Gasteiger partial charge >= 0.3 is 0 Å². The molecular weight excluding hydrogens is 116 g/mol. The average molecular weight is 130 g/mol. The molecule has 1 heterocycles. The first-order chi connectivity index (χ1) is 4.33. The molecule has 3 N–H and O–H groups in total. The molecule has 3 heteroatoms. The van der Waals surface area contributed by atoms with Crippen molar-refractivity contribution in [1.82, 2.24) is 10.6 Å². The zero-order valence-corrected chi connectivity index (χ0v) is 5.72. The van der Waals surface area contributed by atoms with Gasteiger partial charge in [0.25, 0.3) is 0 Å². The quantitative estimate of drug-likeness (QED) is 0.423. The van der Waals surface area contributed by atoms with Crippen molar-refractivity contribution < 1.29 is 5.11 Å². The van der Waals surface area contributed by atoms with Crippen LogP contribution in [0.5, 0.6) is 0 Å². The van der Waals surface area contributed by atoms with E-state index in [0.717, 1.165) is 19.5 Å². The van der Waals surface area contributed by atoms with Crippen LogP contribution in [0.3, 0.4) is 0 Å². The molecule has 9 heavy (non-hydrogen) atoms. The fourth-order valence-electron chi connectivity index (χ4n) is 1.14. The summed E-state index contributed by atoms with van der Waals surface area (Å²) in [6, 6.07) is 0.453. The third kappa shape index (κ3) is 1.93. The lowest BCUT2D eigenvalue weighted by Crippen LogP contribution is -2.47. The molecule has 0 spiro atoms. The van der Waals surface area contributed by atoms with E-state index in [1.165, 1.54) is 0 Å². The molecule has 0 bridgehead atoms. The first kappa shape index (κ1) is 6.99. The maximum absolute atomic E-state index is 9.11. The van der Waals surface area contributed by atoms with Gasteiger partial charge in [-0.2, -0.15) is 0 Å². The van der Waals surface area contributed by atoms with Crippen LogP contribution < -0.4 is 10.6 Å². The van der Waals surface area contributed by atoms with Gasteiger partial charge in [-0.05, 0) is 13.5 Å². The number of nitrogens with one attached hydrogen (secondary N) is 2. The van der Waals surface area contributed by atoms with Crippen molar-refractivity contribution in [3.8, 4) is 0 Å². The number of rotatable bonds is 1. The van der Waals surface area contributed by atoms with Crippen molar-refractivity contribution in [2.24, 2.45) is 0 Å². The maximum Gasteiger partial charge on any atom is 0.0679 e. The number of aliphatic hydroxyl groups is 1. The van der Waals surface area contributed by atoms with Crippen LogP contribution in [0.2, 0.25) is 0 Å². The van der Waals surface area contributed by atoms with E-state index >= 15 is 0 Å². The third-order valence-electron chi connectivity index (χ3n) is 1.74. The van der Waals surface area contributed by atoms with Crippen LogP contribution in [-0.4, -0.2) is 37.4 Å². The summed E-state index contributed by atoms with van der Waals surface area (Å²) in [5, 5.41) is 15.3. The van der Waals surface area contributed by atoms with E-state index < -0.39 is 0 Å². The topological polar surface area (TPSA) is 44.3 Å².